The maximum Gasteiger partial charge on any atom is 0.247 e. The first-order valence-electron chi connectivity index (χ1n) is 5.90. The Hall–Kier alpha value is -2.06. The molecule has 2 rings (SSSR count). The number of benzene rings is 2. The molecule has 3 heteroatoms. The zero-order valence-corrected chi connectivity index (χ0v) is 11.4. The normalized spacial score (nSPS) is 10.0. The van der Waals surface area contributed by atoms with Gasteiger partial charge in [-0.3, -0.25) is 4.79 Å². The van der Waals surface area contributed by atoms with Crippen LogP contribution in [0.25, 0.3) is 11.1 Å². The van der Waals surface area contributed by atoms with Gasteiger partial charge in [-0.25, -0.2) is 0 Å². The number of hydrogen-bond donors (Lipinski definition) is 1. The van der Waals surface area contributed by atoms with Crippen molar-refractivity contribution in [3.05, 3.63) is 65.7 Å². The summed E-state index contributed by atoms with van der Waals surface area (Å²) in [7, 11) is 0. The smallest absolute Gasteiger partial charge is 0.247 e. The first-order chi connectivity index (χ1) is 9.10. The van der Waals surface area contributed by atoms with Crippen molar-refractivity contribution in [3.8, 4) is 11.1 Å². The van der Waals surface area contributed by atoms with Crippen molar-refractivity contribution in [3.63, 3.8) is 0 Å². The Morgan fingerprint density at radius 2 is 2.05 bits per heavy atom. The highest BCUT2D eigenvalue weighted by molar-refractivity contribution is 6.30. The summed E-state index contributed by atoms with van der Waals surface area (Å²) < 4.78 is 0. The molecule has 2 aromatic rings. The third kappa shape index (κ3) is 3.24. The summed E-state index contributed by atoms with van der Waals surface area (Å²) in [5.41, 5.74) is 3.95. The number of amides is 1. The van der Waals surface area contributed by atoms with Gasteiger partial charge >= 0.3 is 0 Å². The second-order valence-corrected chi connectivity index (χ2v) is 4.67. The van der Waals surface area contributed by atoms with Crippen LogP contribution in [0.5, 0.6) is 0 Å². The topological polar surface area (TPSA) is 29.1 Å². The lowest BCUT2D eigenvalue weighted by Gasteiger charge is -2.09. The summed E-state index contributed by atoms with van der Waals surface area (Å²) in [6, 6.07) is 13.4. The zero-order valence-electron chi connectivity index (χ0n) is 10.6. The van der Waals surface area contributed by atoms with E-state index < -0.39 is 0 Å². The van der Waals surface area contributed by atoms with Crippen LogP contribution in [-0.2, 0) is 4.79 Å². The average Bonchev–Trinajstić information content (AvgIpc) is 2.41. The van der Waals surface area contributed by atoms with E-state index in [2.05, 4.69) is 11.9 Å². The van der Waals surface area contributed by atoms with Gasteiger partial charge in [-0.05, 0) is 54.0 Å². The standard InChI is InChI=1S/C16H14ClNO/c1-3-16(19)18-14-6-4-5-12(9-14)15-10-13(17)8-7-11(15)2/h3-10H,1H2,2H3,(H,18,19). The number of carbonyl (C=O) groups is 1. The second-order valence-electron chi connectivity index (χ2n) is 4.23. The first-order valence-corrected chi connectivity index (χ1v) is 6.28. The van der Waals surface area contributed by atoms with E-state index in [1.54, 1.807) is 0 Å². The van der Waals surface area contributed by atoms with E-state index in [1.807, 2.05) is 49.4 Å². The third-order valence-corrected chi connectivity index (χ3v) is 3.06. The molecule has 0 unspecified atom stereocenters. The van der Waals surface area contributed by atoms with Crippen LogP contribution in [0.15, 0.2) is 55.1 Å². The molecule has 0 aliphatic rings. The number of hydrogen-bond acceptors (Lipinski definition) is 1. The van der Waals surface area contributed by atoms with Gasteiger partial charge in [0.2, 0.25) is 5.91 Å². The van der Waals surface area contributed by atoms with Crippen molar-refractivity contribution in [2.45, 2.75) is 6.92 Å². The third-order valence-electron chi connectivity index (χ3n) is 2.83. The fourth-order valence-corrected chi connectivity index (χ4v) is 2.04. The Labute approximate surface area is 117 Å². The molecule has 0 heterocycles. The molecule has 2 nitrogen and oxygen atoms in total. The highest BCUT2D eigenvalue weighted by Gasteiger charge is 2.04. The summed E-state index contributed by atoms with van der Waals surface area (Å²) in [5.74, 6) is -0.222. The highest BCUT2D eigenvalue weighted by Crippen LogP contribution is 2.28. The van der Waals surface area contributed by atoms with Crippen molar-refractivity contribution in [2.24, 2.45) is 0 Å². The van der Waals surface area contributed by atoms with Crippen molar-refractivity contribution in [1.82, 2.24) is 0 Å². The van der Waals surface area contributed by atoms with E-state index in [4.69, 9.17) is 11.6 Å². The Morgan fingerprint density at radius 3 is 2.79 bits per heavy atom. The summed E-state index contributed by atoms with van der Waals surface area (Å²) in [6.45, 7) is 5.46. The predicted octanol–water partition coefficient (Wildman–Crippen LogP) is 4.44. The minimum Gasteiger partial charge on any atom is -0.323 e. The molecule has 0 spiro atoms. The molecule has 0 atom stereocenters. The van der Waals surface area contributed by atoms with Gasteiger partial charge in [0, 0.05) is 10.7 Å². The maximum atomic E-state index is 11.3. The SMILES string of the molecule is C=CC(=O)Nc1cccc(-c2cc(Cl)ccc2C)c1. The minimum absolute atomic E-state index is 0.222. The molecule has 0 aliphatic heterocycles. The van der Waals surface area contributed by atoms with Crippen LogP contribution in [0.3, 0.4) is 0 Å². The van der Waals surface area contributed by atoms with E-state index in [-0.39, 0.29) is 5.91 Å². The molecule has 96 valence electrons. The maximum absolute atomic E-state index is 11.3. The lowest BCUT2D eigenvalue weighted by atomic mass is 10.0. The number of halogens is 1. The number of nitrogens with one attached hydrogen (secondary N) is 1. The van der Waals surface area contributed by atoms with Crippen molar-refractivity contribution in [1.29, 1.82) is 0 Å². The lowest BCUT2D eigenvalue weighted by Crippen LogP contribution is -2.07. The molecule has 0 fully saturated rings. The Morgan fingerprint density at radius 1 is 1.26 bits per heavy atom. The van der Waals surface area contributed by atoms with E-state index >= 15 is 0 Å². The molecule has 2 aromatic carbocycles. The van der Waals surface area contributed by atoms with Gasteiger partial charge in [-0.1, -0.05) is 36.4 Å². The van der Waals surface area contributed by atoms with Gasteiger partial charge in [0.15, 0.2) is 0 Å². The van der Waals surface area contributed by atoms with Gasteiger partial charge in [-0.2, -0.15) is 0 Å². The van der Waals surface area contributed by atoms with Crippen molar-refractivity contribution in [2.75, 3.05) is 5.32 Å². The Balaban J connectivity index is 2.40. The fourth-order valence-electron chi connectivity index (χ4n) is 1.86. The minimum atomic E-state index is -0.222. The second kappa shape index (κ2) is 5.72. The average molecular weight is 272 g/mol. The number of rotatable bonds is 3. The Kier molecular flexibility index (Phi) is 4.03. The molecule has 0 saturated heterocycles. The highest BCUT2D eigenvalue weighted by atomic mass is 35.5. The molecule has 0 bridgehead atoms. The molecule has 1 amide bonds. The van der Waals surface area contributed by atoms with Crippen LogP contribution in [-0.4, -0.2) is 5.91 Å². The van der Waals surface area contributed by atoms with Crippen molar-refractivity contribution >= 4 is 23.2 Å². The summed E-state index contributed by atoms with van der Waals surface area (Å²) in [5, 5.41) is 3.44. The van der Waals surface area contributed by atoms with Crippen LogP contribution in [0.4, 0.5) is 5.69 Å². The van der Waals surface area contributed by atoms with Crippen LogP contribution >= 0.6 is 11.6 Å². The van der Waals surface area contributed by atoms with E-state index in [9.17, 15) is 4.79 Å². The van der Waals surface area contributed by atoms with Crippen LogP contribution in [0.2, 0.25) is 5.02 Å². The fraction of sp³-hybridized carbons (Fsp3) is 0.0625. The quantitative estimate of drug-likeness (QED) is 0.822. The zero-order chi connectivity index (χ0) is 13.8. The van der Waals surface area contributed by atoms with Gasteiger partial charge < -0.3 is 5.32 Å². The van der Waals surface area contributed by atoms with E-state index in [1.165, 1.54) is 6.08 Å². The summed E-state index contributed by atoms with van der Waals surface area (Å²) in [6.07, 6.45) is 1.25. The number of carbonyl (C=O) groups excluding carboxylic acids is 1. The molecular weight excluding hydrogens is 258 g/mol. The van der Waals surface area contributed by atoms with E-state index in [0.29, 0.717) is 5.02 Å². The van der Waals surface area contributed by atoms with E-state index in [0.717, 1.165) is 22.4 Å². The number of anilines is 1. The largest absolute Gasteiger partial charge is 0.323 e. The molecule has 0 aliphatic carbocycles. The van der Waals surface area contributed by atoms with Gasteiger partial charge in [0.05, 0.1) is 0 Å². The van der Waals surface area contributed by atoms with Gasteiger partial charge in [-0.15, -0.1) is 0 Å². The van der Waals surface area contributed by atoms with Crippen molar-refractivity contribution < 1.29 is 4.79 Å². The van der Waals surface area contributed by atoms with Crippen LogP contribution < -0.4 is 5.32 Å². The molecule has 0 saturated carbocycles. The molecule has 0 aromatic heterocycles. The lowest BCUT2D eigenvalue weighted by molar-refractivity contribution is -0.111. The molecular formula is C16H14ClNO. The van der Waals surface area contributed by atoms with Gasteiger partial charge in [0.1, 0.15) is 0 Å². The Bertz CT molecular complexity index is 634. The monoisotopic (exact) mass is 271 g/mol. The molecule has 19 heavy (non-hydrogen) atoms. The molecule has 1 N–H and O–H groups in total. The molecule has 0 radical (unpaired) electrons. The number of aryl methyl sites for hydroxylation is 1. The van der Waals surface area contributed by atoms with Gasteiger partial charge in [0.25, 0.3) is 0 Å². The van der Waals surface area contributed by atoms with Crippen LogP contribution in [0, 0.1) is 6.92 Å². The first kappa shape index (κ1) is 13.4. The summed E-state index contributed by atoms with van der Waals surface area (Å²) in [4.78, 5) is 11.3. The predicted molar refractivity (Wildman–Crippen MR) is 80.5 cm³/mol. The van der Waals surface area contributed by atoms with Crippen LogP contribution in [0.1, 0.15) is 5.56 Å². The summed E-state index contributed by atoms with van der Waals surface area (Å²) >= 11 is 6.03.